The van der Waals surface area contributed by atoms with E-state index in [4.69, 9.17) is 5.84 Å². The van der Waals surface area contributed by atoms with Crippen molar-refractivity contribution in [2.75, 3.05) is 19.0 Å². The molecule has 1 rings (SSSR count). The lowest BCUT2D eigenvalue weighted by Crippen LogP contribution is -2.30. The van der Waals surface area contributed by atoms with Crippen molar-refractivity contribution in [2.24, 2.45) is 5.84 Å². The molecule has 0 saturated heterocycles. The fourth-order valence-electron chi connectivity index (χ4n) is 1.47. The van der Waals surface area contributed by atoms with Crippen LogP contribution in [0.4, 0.5) is 11.4 Å². The van der Waals surface area contributed by atoms with Crippen LogP contribution in [-0.4, -0.2) is 32.8 Å². The molecule has 0 radical (unpaired) electrons. The third-order valence-electron chi connectivity index (χ3n) is 2.54. The molecule has 5 N–H and O–H groups in total. The van der Waals surface area contributed by atoms with Crippen molar-refractivity contribution in [2.45, 2.75) is 11.3 Å². The Kier molecular flexibility index (Phi) is 5.58. The molecule has 1 aromatic rings. The van der Waals surface area contributed by atoms with Gasteiger partial charge in [0.15, 0.2) is 0 Å². The number of nitrogen functional groups attached to an aromatic ring is 1. The van der Waals surface area contributed by atoms with E-state index in [1.165, 1.54) is 13.1 Å². The molecule has 21 heavy (non-hydrogen) atoms. The summed E-state index contributed by atoms with van der Waals surface area (Å²) in [5.41, 5.74) is 1.78. The average molecular weight is 317 g/mol. The quantitative estimate of drug-likeness (QED) is 0.294. The highest BCUT2D eigenvalue weighted by atomic mass is 32.2. The summed E-state index contributed by atoms with van der Waals surface area (Å²) in [5, 5.41) is 13.0. The van der Waals surface area contributed by atoms with Crippen LogP contribution in [0.15, 0.2) is 23.1 Å². The minimum Gasteiger partial charge on any atom is -0.359 e. The van der Waals surface area contributed by atoms with Gasteiger partial charge in [0, 0.05) is 32.1 Å². The smallest absolute Gasteiger partial charge is 0.270 e. The first-order valence-corrected chi connectivity index (χ1v) is 7.25. The van der Waals surface area contributed by atoms with E-state index >= 15 is 0 Å². The molecule has 0 aliphatic heterocycles. The first kappa shape index (κ1) is 16.8. The fourth-order valence-corrected chi connectivity index (χ4v) is 2.69. The van der Waals surface area contributed by atoms with Gasteiger partial charge in [0.05, 0.1) is 10.6 Å². The molecule has 0 aliphatic rings. The topological polar surface area (TPSA) is 156 Å². The van der Waals surface area contributed by atoms with Gasteiger partial charge in [-0.1, -0.05) is 0 Å². The minimum atomic E-state index is -4.04. The summed E-state index contributed by atoms with van der Waals surface area (Å²) in [7, 11) is -2.62. The summed E-state index contributed by atoms with van der Waals surface area (Å²) in [4.78, 5) is 20.7. The Morgan fingerprint density at radius 1 is 1.43 bits per heavy atom. The number of hydrogen-bond donors (Lipinski definition) is 4. The van der Waals surface area contributed by atoms with Gasteiger partial charge in [-0.05, 0) is 6.07 Å². The zero-order chi connectivity index (χ0) is 16.0. The molecule has 0 bridgehead atoms. The highest BCUT2D eigenvalue weighted by Gasteiger charge is 2.22. The van der Waals surface area contributed by atoms with Gasteiger partial charge in [-0.3, -0.25) is 20.8 Å². The number of hydrogen-bond acceptors (Lipinski definition) is 7. The molecule has 0 fully saturated rings. The second-order valence-electron chi connectivity index (χ2n) is 3.90. The highest BCUT2D eigenvalue weighted by molar-refractivity contribution is 7.89. The van der Waals surface area contributed by atoms with Gasteiger partial charge in [-0.15, -0.1) is 0 Å². The number of rotatable bonds is 7. The molecule has 0 heterocycles. The second-order valence-corrected chi connectivity index (χ2v) is 5.64. The first-order valence-electron chi connectivity index (χ1n) is 5.77. The van der Waals surface area contributed by atoms with E-state index in [2.05, 4.69) is 15.5 Å². The number of nitrogens with two attached hydrogens (primary N) is 1. The lowest BCUT2D eigenvalue weighted by atomic mass is 10.3. The number of anilines is 1. The van der Waals surface area contributed by atoms with Gasteiger partial charge in [0.25, 0.3) is 5.69 Å². The Bertz CT molecular complexity index is 645. The van der Waals surface area contributed by atoms with Gasteiger partial charge in [0.2, 0.25) is 15.9 Å². The molecule has 1 aromatic carbocycles. The van der Waals surface area contributed by atoms with E-state index in [1.807, 2.05) is 0 Å². The largest absolute Gasteiger partial charge is 0.359 e. The predicted molar refractivity (Wildman–Crippen MR) is 74.8 cm³/mol. The number of nitrogens with zero attached hydrogens (tertiary/aromatic N) is 1. The SMILES string of the molecule is CNC(=O)CCNS(=O)(=O)c1cc([N+](=O)[O-])ccc1NN. The van der Waals surface area contributed by atoms with Gasteiger partial charge in [-0.2, -0.15) is 0 Å². The second kappa shape index (κ2) is 6.97. The zero-order valence-corrected chi connectivity index (χ0v) is 11.9. The Balaban J connectivity index is 3.03. The maximum atomic E-state index is 12.1. The van der Waals surface area contributed by atoms with Crippen LogP contribution in [0.1, 0.15) is 6.42 Å². The molecule has 0 saturated carbocycles. The number of hydrazine groups is 1. The molecule has 0 unspecified atom stereocenters. The number of nitrogens with one attached hydrogen (secondary N) is 3. The standard InChI is InChI=1S/C10H15N5O5S/c1-12-10(16)4-5-13-21(19,20)9-6-7(15(17)18)2-3-8(9)14-11/h2-3,6,13-14H,4-5,11H2,1H3,(H,12,16). The van der Waals surface area contributed by atoms with Crippen molar-refractivity contribution < 1.29 is 18.1 Å². The number of carbonyl (C=O) groups excluding carboxylic acids is 1. The molecule has 11 heteroatoms. The number of amides is 1. The zero-order valence-electron chi connectivity index (χ0n) is 11.1. The first-order chi connectivity index (χ1) is 9.81. The van der Waals surface area contributed by atoms with E-state index in [0.29, 0.717) is 0 Å². The third-order valence-corrected chi connectivity index (χ3v) is 4.04. The van der Waals surface area contributed by atoms with Crippen LogP contribution in [0.5, 0.6) is 0 Å². The fraction of sp³-hybridized carbons (Fsp3) is 0.300. The van der Waals surface area contributed by atoms with Crippen molar-refractivity contribution in [3.05, 3.63) is 28.3 Å². The molecule has 0 aromatic heterocycles. The van der Waals surface area contributed by atoms with E-state index in [0.717, 1.165) is 12.1 Å². The third kappa shape index (κ3) is 4.37. The molecule has 0 aliphatic carbocycles. The maximum absolute atomic E-state index is 12.1. The lowest BCUT2D eigenvalue weighted by Gasteiger charge is -2.10. The Morgan fingerprint density at radius 2 is 2.10 bits per heavy atom. The number of non-ortho nitro benzene ring substituents is 1. The summed E-state index contributed by atoms with van der Waals surface area (Å²) in [6.45, 7) is -0.144. The van der Waals surface area contributed by atoms with E-state index in [9.17, 15) is 23.3 Å². The van der Waals surface area contributed by atoms with Crippen LogP contribution in [0.3, 0.4) is 0 Å². The Morgan fingerprint density at radius 3 is 2.62 bits per heavy atom. The van der Waals surface area contributed by atoms with Crippen molar-refractivity contribution >= 4 is 27.3 Å². The normalized spacial score (nSPS) is 11.0. The van der Waals surface area contributed by atoms with E-state index < -0.39 is 14.9 Å². The molecular formula is C10H15N5O5S. The van der Waals surface area contributed by atoms with Crippen LogP contribution in [0, 0.1) is 10.1 Å². The van der Waals surface area contributed by atoms with Gasteiger partial charge in [-0.25, -0.2) is 13.1 Å². The maximum Gasteiger partial charge on any atom is 0.270 e. The van der Waals surface area contributed by atoms with E-state index in [-0.39, 0.29) is 35.1 Å². The van der Waals surface area contributed by atoms with Crippen molar-refractivity contribution in [3.63, 3.8) is 0 Å². The average Bonchev–Trinajstić information content (AvgIpc) is 2.45. The van der Waals surface area contributed by atoms with Crippen LogP contribution in [-0.2, 0) is 14.8 Å². The number of sulfonamides is 1. The molecule has 0 atom stereocenters. The Hall–Kier alpha value is -2.24. The number of nitro groups is 1. The summed E-state index contributed by atoms with van der Waals surface area (Å²) in [6, 6.07) is 3.20. The van der Waals surface area contributed by atoms with Crippen LogP contribution in [0.2, 0.25) is 0 Å². The lowest BCUT2D eigenvalue weighted by molar-refractivity contribution is -0.385. The van der Waals surface area contributed by atoms with Crippen molar-refractivity contribution in [1.82, 2.24) is 10.0 Å². The summed E-state index contributed by atoms with van der Waals surface area (Å²) in [5.74, 6) is 4.86. The molecule has 0 spiro atoms. The summed E-state index contributed by atoms with van der Waals surface area (Å²) < 4.78 is 26.4. The predicted octanol–water partition coefficient (Wildman–Crippen LogP) is -0.705. The molecule has 1 amide bonds. The van der Waals surface area contributed by atoms with Crippen molar-refractivity contribution in [1.29, 1.82) is 0 Å². The summed E-state index contributed by atoms with van der Waals surface area (Å²) in [6.07, 6.45) is -0.0595. The summed E-state index contributed by atoms with van der Waals surface area (Å²) >= 11 is 0. The minimum absolute atomic E-state index is 0.00745. The molecule has 10 nitrogen and oxygen atoms in total. The van der Waals surface area contributed by atoms with Gasteiger partial charge >= 0.3 is 0 Å². The van der Waals surface area contributed by atoms with Crippen molar-refractivity contribution in [3.8, 4) is 0 Å². The van der Waals surface area contributed by atoms with Crippen LogP contribution in [0.25, 0.3) is 0 Å². The number of benzene rings is 1. The number of nitro benzene ring substituents is 1. The highest BCUT2D eigenvalue weighted by Crippen LogP contribution is 2.25. The molecule has 116 valence electrons. The van der Waals surface area contributed by atoms with Gasteiger partial charge < -0.3 is 10.7 Å². The Labute approximate surface area is 120 Å². The monoisotopic (exact) mass is 317 g/mol. The number of carbonyl (C=O) groups is 1. The molecular weight excluding hydrogens is 302 g/mol. The van der Waals surface area contributed by atoms with Crippen LogP contribution >= 0.6 is 0 Å². The van der Waals surface area contributed by atoms with E-state index in [1.54, 1.807) is 0 Å². The van der Waals surface area contributed by atoms with Crippen LogP contribution < -0.4 is 21.3 Å². The van der Waals surface area contributed by atoms with Gasteiger partial charge in [0.1, 0.15) is 4.90 Å².